The summed E-state index contributed by atoms with van der Waals surface area (Å²) >= 11 is 0. The molecule has 5 heteroatoms. The first-order valence-corrected chi connectivity index (χ1v) is 8.22. The van der Waals surface area contributed by atoms with Crippen molar-refractivity contribution in [2.45, 2.75) is 34.6 Å². The lowest BCUT2D eigenvalue weighted by molar-refractivity contribution is -0.133. The van der Waals surface area contributed by atoms with Crippen LogP contribution in [0.5, 0.6) is 0 Å². The summed E-state index contributed by atoms with van der Waals surface area (Å²) in [6, 6.07) is 5.89. The molecule has 0 heterocycles. The van der Waals surface area contributed by atoms with Gasteiger partial charge in [0.1, 0.15) is 0 Å². The van der Waals surface area contributed by atoms with E-state index in [1.54, 1.807) is 4.90 Å². The normalized spacial score (nSPS) is 10.7. The number of amides is 2. The van der Waals surface area contributed by atoms with Crippen LogP contribution in [0.15, 0.2) is 18.2 Å². The molecule has 0 saturated heterocycles. The van der Waals surface area contributed by atoms with Crippen molar-refractivity contribution >= 4 is 17.5 Å². The van der Waals surface area contributed by atoms with Crippen LogP contribution in [0, 0.1) is 13.8 Å². The fourth-order valence-corrected chi connectivity index (χ4v) is 2.51. The molecule has 0 aliphatic rings. The minimum absolute atomic E-state index is 0.0752. The summed E-state index contributed by atoms with van der Waals surface area (Å²) < 4.78 is 0. The van der Waals surface area contributed by atoms with E-state index in [-0.39, 0.29) is 18.4 Å². The first-order chi connectivity index (χ1) is 10.9. The van der Waals surface area contributed by atoms with Gasteiger partial charge >= 0.3 is 0 Å². The molecule has 0 unspecified atom stereocenters. The molecule has 23 heavy (non-hydrogen) atoms. The minimum atomic E-state index is -0.155. The maximum Gasteiger partial charge on any atom is 0.244 e. The average Bonchev–Trinajstić information content (AvgIpc) is 2.50. The third-order valence-corrected chi connectivity index (χ3v) is 4.11. The van der Waals surface area contributed by atoms with Crippen LogP contribution >= 0.6 is 0 Å². The Morgan fingerprint density at radius 1 is 1.04 bits per heavy atom. The number of nitrogens with one attached hydrogen (secondary N) is 1. The zero-order valence-electron chi connectivity index (χ0n) is 15.0. The third-order valence-electron chi connectivity index (χ3n) is 4.11. The Balaban J connectivity index is 2.66. The Hall–Kier alpha value is -1.88. The highest BCUT2D eigenvalue weighted by molar-refractivity contribution is 5.95. The van der Waals surface area contributed by atoms with Gasteiger partial charge in [0.2, 0.25) is 11.8 Å². The fraction of sp³-hybridized carbons (Fsp3) is 0.556. The minimum Gasteiger partial charge on any atom is -0.332 e. The molecule has 0 spiro atoms. The van der Waals surface area contributed by atoms with E-state index in [0.29, 0.717) is 6.54 Å². The highest BCUT2D eigenvalue weighted by Crippen LogP contribution is 2.19. The van der Waals surface area contributed by atoms with Gasteiger partial charge in [-0.05, 0) is 38.1 Å². The number of likely N-dealkylation sites (N-methyl/N-ethyl adjacent to an activating group) is 1. The summed E-state index contributed by atoms with van der Waals surface area (Å²) in [6.07, 6.45) is 0. The summed E-state index contributed by atoms with van der Waals surface area (Å²) in [6.45, 7) is 12.9. The second-order valence-corrected chi connectivity index (χ2v) is 5.78. The van der Waals surface area contributed by atoms with Crippen molar-refractivity contribution in [2.75, 3.05) is 38.0 Å². The molecule has 0 aliphatic heterocycles. The van der Waals surface area contributed by atoms with Gasteiger partial charge in [-0.3, -0.25) is 9.59 Å². The lowest BCUT2D eigenvalue weighted by atomic mass is 10.1. The Labute approximate surface area is 139 Å². The van der Waals surface area contributed by atoms with Crippen LogP contribution in [0.2, 0.25) is 0 Å². The molecule has 1 aromatic carbocycles. The van der Waals surface area contributed by atoms with Gasteiger partial charge in [-0.1, -0.05) is 32.0 Å². The zero-order chi connectivity index (χ0) is 17.4. The highest BCUT2D eigenvalue weighted by atomic mass is 16.2. The number of hydrogen-bond donors (Lipinski definition) is 1. The molecule has 1 rings (SSSR count). The van der Waals surface area contributed by atoms with Gasteiger partial charge in [0.15, 0.2) is 0 Å². The number of hydrogen-bond acceptors (Lipinski definition) is 3. The van der Waals surface area contributed by atoms with E-state index in [9.17, 15) is 9.59 Å². The smallest absolute Gasteiger partial charge is 0.244 e. The Kier molecular flexibility index (Phi) is 7.75. The molecule has 0 fully saturated rings. The van der Waals surface area contributed by atoms with Crippen molar-refractivity contribution in [3.63, 3.8) is 0 Å². The number of rotatable bonds is 8. The summed E-state index contributed by atoms with van der Waals surface area (Å²) in [5, 5.41) is 2.93. The lowest BCUT2D eigenvalue weighted by Crippen LogP contribution is -2.41. The molecule has 0 aromatic heterocycles. The van der Waals surface area contributed by atoms with E-state index in [1.807, 2.05) is 32.0 Å². The molecule has 1 aromatic rings. The number of para-hydroxylation sites is 1. The summed E-state index contributed by atoms with van der Waals surface area (Å²) in [5.74, 6) is -0.231. The van der Waals surface area contributed by atoms with E-state index in [4.69, 9.17) is 0 Å². The number of carbonyl (C=O) groups is 2. The van der Waals surface area contributed by atoms with E-state index in [1.165, 1.54) is 6.92 Å². The van der Waals surface area contributed by atoms with Crippen LogP contribution in [0.4, 0.5) is 5.69 Å². The van der Waals surface area contributed by atoms with Gasteiger partial charge in [0.25, 0.3) is 0 Å². The SMILES string of the molecule is CCN(CC)CCN(CC(=O)Nc1c(C)cccc1C)C(C)=O. The number of aryl methyl sites for hydroxylation is 2. The van der Waals surface area contributed by atoms with Gasteiger partial charge in [0, 0.05) is 25.7 Å². The van der Waals surface area contributed by atoms with E-state index in [2.05, 4.69) is 24.1 Å². The first kappa shape index (κ1) is 19.2. The van der Waals surface area contributed by atoms with Crippen LogP contribution in [0.3, 0.4) is 0 Å². The molecule has 0 saturated carbocycles. The number of benzene rings is 1. The average molecular weight is 319 g/mol. The van der Waals surface area contributed by atoms with Crippen molar-refractivity contribution in [3.8, 4) is 0 Å². The van der Waals surface area contributed by atoms with Crippen LogP contribution in [0.1, 0.15) is 31.9 Å². The van der Waals surface area contributed by atoms with Crippen LogP contribution < -0.4 is 5.32 Å². The van der Waals surface area contributed by atoms with Gasteiger partial charge in [0.05, 0.1) is 6.54 Å². The van der Waals surface area contributed by atoms with Gasteiger partial charge < -0.3 is 15.1 Å². The molecule has 0 aliphatic carbocycles. The molecule has 1 N–H and O–H groups in total. The fourth-order valence-electron chi connectivity index (χ4n) is 2.51. The third kappa shape index (κ3) is 6.02. The van der Waals surface area contributed by atoms with E-state index < -0.39 is 0 Å². The zero-order valence-corrected chi connectivity index (χ0v) is 15.0. The van der Waals surface area contributed by atoms with Gasteiger partial charge in [-0.15, -0.1) is 0 Å². The summed E-state index contributed by atoms with van der Waals surface area (Å²) in [7, 11) is 0. The van der Waals surface area contributed by atoms with E-state index >= 15 is 0 Å². The second kappa shape index (κ2) is 9.30. The molecule has 0 bridgehead atoms. The van der Waals surface area contributed by atoms with Crippen molar-refractivity contribution in [2.24, 2.45) is 0 Å². The van der Waals surface area contributed by atoms with Crippen molar-refractivity contribution in [1.29, 1.82) is 0 Å². The number of nitrogens with zero attached hydrogens (tertiary/aromatic N) is 2. The maximum absolute atomic E-state index is 12.3. The molecule has 0 radical (unpaired) electrons. The first-order valence-electron chi connectivity index (χ1n) is 8.22. The van der Waals surface area contributed by atoms with Crippen LogP contribution in [-0.4, -0.2) is 54.3 Å². The Bertz CT molecular complexity index is 519. The quantitative estimate of drug-likeness (QED) is 0.801. The standard InChI is InChI=1S/C18H29N3O2/c1-6-20(7-2)11-12-21(16(5)22)13-17(23)19-18-14(3)9-8-10-15(18)4/h8-10H,6-7,11-13H2,1-5H3,(H,19,23). The Morgan fingerprint density at radius 3 is 2.09 bits per heavy atom. The topological polar surface area (TPSA) is 52.6 Å². The van der Waals surface area contributed by atoms with Gasteiger partial charge in [-0.2, -0.15) is 0 Å². The van der Waals surface area contributed by atoms with Crippen molar-refractivity contribution < 1.29 is 9.59 Å². The largest absolute Gasteiger partial charge is 0.332 e. The molecule has 2 amide bonds. The van der Waals surface area contributed by atoms with Crippen molar-refractivity contribution in [3.05, 3.63) is 29.3 Å². The molecule has 5 nitrogen and oxygen atoms in total. The van der Waals surface area contributed by atoms with Crippen LogP contribution in [-0.2, 0) is 9.59 Å². The lowest BCUT2D eigenvalue weighted by Gasteiger charge is -2.25. The summed E-state index contributed by atoms with van der Waals surface area (Å²) in [4.78, 5) is 27.9. The number of carbonyl (C=O) groups excluding carboxylic acids is 2. The van der Waals surface area contributed by atoms with Gasteiger partial charge in [-0.25, -0.2) is 0 Å². The molecular weight excluding hydrogens is 290 g/mol. The molecule has 0 atom stereocenters. The monoisotopic (exact) mass is 319 g/mol. The van der Waals surface area contributed by atoms with Crippen LogP contribution in [0.25, 0.3) is 0 Å². The Morgan fingerprint density at radius 2 is 1.61 bits per heavy atom. The predicted octanol–water partition coefficient (Wildman–Crippen LogP) is 2.43. The van der Waals surface area contributed by atoms with Crippen molar-refractivity contribution in [1.82, 2.24) is 9.80 Å². The highest BCUT2D eigenvalue weighted by Gasteiger charge is 2.15. The second-order valence-electron chi connectivity index (χ2n) is 5.78. The maximum atomic E-state index is 12.3. The number of anilines is 1. The molecule has 128 valence electrons. The van der Waals surface area contributed by atoms with E-state index in [0.717, 1.165) is 36.4 Å². The predicted molar refractivity (Wildman–Crippen MR) is 94.6 cm³/mol. The molecular formula is C18H29N3O2. The summed E-state index contributed by atoms with van der Waals surface area (Å²) in [5.41, 5.74) is 2.89.